The fourth-order valence-electron chi connectivity index (χ4n) is 10.2. The fourth-order valence-corrected chi connectivity index (χ4v) is 10.2. The Bertz CT molecular complexity index is 1290. The van der Waals surface area contributed by atoms with E-state index in [2.05, 4.69) is 26.0 Å². The summed E-state index contributed by atoms with van der Waals surface area (Å²) >= 11 is 0. The minimum absolute atomic E-state index is 0.0665. The van der Waals surface area contributed by atoms with Crippen LogP contribution in [0, 0.1) is 0 Å². The van der Waals surface area contributed by atoms with Crippen molar-refractivity contribution in [3.8, 4) is 0 Å². The molecule has 2 fully saturated rings. The number of hydrogen-bond donors (Lipinski definition) is 7. The lowest BCUT2D eigenvalue weighted by Gasteiger charge is -2.42. The molecule has 2 aliphatic heterocycles. The van der Waals surface area contributed by atoms with E-state index in [1.165, 1.54) is 199 Å². The summed E-state index contributed by atoms with van der Waals surface area (Å²) in [5.41, 5.74) is 0. The lowest BCUT2D eigenvalue weighted by molar-refractivity contribution is -0.332. The molecular formula is C61H116O14. The molecule has 14 heteroatoms. The maximum Gasteiger partial charge on any atom is 0.306 e. The fraction of sp³-hybridized carbons (Fsp3) is 0.951. The summed E-state index contributed by atoms with van der Waals surface area (Å²) in [5.74, 6) is -0.374. The smallest absolute Gasteiger partial charge is 0.306 e. The van der Waals surface area contributed by atoms with Crippen molar-refractivity contribution in [3.63, 3.8) is 0 Å². The average Bonchev–Trinajstić information content (AvgIpc) is 3.41. The highest BCUT2D eigenvalue weighted by Crippen LogP contribution is 2.27. The predicted molar refractivity (Wildman–Crippen MR) is 298 cm³/mol. The van der Waals surface area contributed by atoms with Crippen LogP contribution in [0.4, 0.5) is 0 Å². The van der Waals surface area contributed by atoms with E-state index in [1.54, 1.807) is 0 Å². The molecule has 2 heterocycles. The van der Waals surface area contributed by atoms with Crippen molar-refractivity contribution in [2.24, 2.45) is 0 Å². The van der Waals surface area contributed by atoms with Crippen LogP contribution in [0.25, 0.3) is 0 Å². The van der Waals surface area contributed by atoms with Gasteiger partial charge >= 0.3 is 5.97 Å². The largest absolute Gasteiger partial charge is 0.457 e. The lowest BCUT2D eigenvalue weighted by atomic mass is 9.98. The topological polar surface area (TPSA) is 214 Å². The van der Waals surface area contributed by atoms with Gasteiger partial charge in [0.15, 0.2) is 12.6 Å². The molecule has 0 aromatic heterocycles. The van der Waals surface area contributed by atoms with E-state index in [-0.39, 0.29) is 25.6 Å². The van der Waals surface area contributed by atoms with Gasteiger partial charge in [-0.3, -0.25) is 4.79 Å². The van der Waals surface area contributed by atoms with E-state index >= 15 is 0 Å². The summed E-state index contributed by atoms with van der Waals surface area (Å²) in [4.78, 5) is 13.1. The summed E-state index contributed by atoms with van der Waals surface area (Å²) in [6.07, 6.45) is 38.5. The molecule has 2 saturated heterocycles. The molecule has 2 rings (SSSR count). The molecule has 2 aliphatic rings. The highest BCUT2D eigenvalue weighted by molar-refractivity contribution is 5.69. The number of aliphatic hydroxyl groups excluding tert-OH is 7. The summed E-state index contributed by atoms with van der Waals surface area (Å²) in [6, 6.07) is 0. The summed E-state index contributed by atoms with van der Waals surface area (Å²) < 4.78 is 34.5. The van der Waals surface area contributed by atoms with Crippen LogP contribution in [-0.4, -0.2) is 142 Å². The zero-order valence-electron chi connectivity index (χ0n) is 47.8. The number of rotatable bonds is 52. The van der Waals surface area contributed by atoms with Crippen LogP contribution in [0.15, 0.2) is 12.2 Å². The van der Waals surface area contributed by atoms with E-state index in [0.717, 1.165) is 44.9 Å². The van der Waals surface area contributed by atoms with Gasteiger partial charge in [-0.15, -0.1) is 0 Å². The van der Waals surface area contributed by atoms with Crippen molar-refractivity contribution in [2.75, 3.05) is 33.0 Å². The molecular weight excluding hydrogens is 957 g/mol. The summed E-state index contributed by atoms with van der Waals surface area (Å²) in [7, 11) is 0. The van der Waals surface area contributed by atoms with E-state index in [9.17, 15) is 40.5 Å². The molecule has 0 spiro atoms. The molecule has 11 unspecified atom stereocenters. The SMILES string of the molecule is CCCCCCCCC/C=C\CCCCCCCCCC(=O)OC(COCCCCCCCCCCCCCCCCCCCCCCCCC)COC1OC(COC2OC(CO)C(O)C(O)C2O)C(O)C(O)C1O. The quantitative estimate of drug-likeness (QED) is 0.0172. The van der Waals surface area contributed by atoms with Gasteiger partial charge in [-0.2, -0.15) is 0 Å². The van der Waals surface area contributed by atoms with E-state index in [0.29, 0.717) is 13.0 Å². The van der Waals surface area contributed by atoms with Crippen molar-refractivity contribution in [1.29, 1.82) is 0 Å². The van der Waals surface area contributed by atoms with Gasteiger partial charge in [0.2, 0.25) is 0 Å². The molecule has 0 aliphatic carbocycles. The number of aliphatic hydroxyl groups is 7. The van der Waals surface area contributed by atoms with Gasteiger partial charge in [-0.1, -0.05) is 238 Å². The van der Waals surface area contributed by atoms with Crippen LogP contribution in [0.2, 0.25) is 0 Å². The number of unbranched alkanes of at least 4 members (excludes halogenated alkanes) is 36. The van der Waals surface area contributed by atoms with Gasteiger partial charge in [0.25, 0.3) is 0 Å². The van der Waals surface area contributed by atoms with Crippen molar-refractivity contribution in [2.45, 2.75) is 338 Å². The second kappa shape index (κ2) is 48.6. The molecule has 0 aromatic rings. The third kappa shape index (κ3) is 35.2. The number of esters is 1. The lowest BCUT2D eigenvalue weighted by Crippen LogP contribution is -2.61. The number of allylic oxidation sites excluding steroid dienone is 2. The third-order valence-corrected chi connectivity index (χ3v) is 15.3. The Balaban J connectivity index is 1.67. The minimum Gasteiger partial charge on any atom is -0.457 e. The van der Waals surface area contributed by atoms with Crippen LogP contribution in [0.1, 0.15) is 271 Å². The third-order valence-electron chi connectivity index (χ3n) is 15.3. The highest BCUT2D eigenvalue weighted by Gasteiger charge is 2.47. The molecule has 0 saturated carbocycles. The predicted octanol–water partition coefficient (Wildman–Crippen LogP) is 11.8. The molecule has 75 heavy (non-hydrogen) atoms. The second-order valence-electron chi connectivity index (χ2n) is 22.2. The monoisotopic (exact) mass is 1070 g/mol. The van der Waals surface area contributed by atoms with Crippen LogP contribution in [0.3, 0.4) is 0 Å². The number of carbonyl (C=O) groups excluding carboxylic acids is 1. The highest BCUT2D eigenvalue weighted by atomic mass is 16.7. The van der Waals surface area contributed by atoms with Gasteiger partial charge < -0.3 is 64.2 Å². The molecule has 14 nitrogen and oxygen atoms in total. The van der Waals surface area contributed by atoms with Crippen LogP contribution >= 0.6 is 0 Å². The Hall–Kier alpha value is -1.27. The van der Waals surface area contributed by atoms with Gasteiger partial charge in [0.1, 0.15) is 54.9 Å². The van der Waals surface area contributed by atoms with E-state index in [4.69, 9.17) is 28.4 Å². The van der Waals surface area contributed by atoms with Gasteiger partial charge in [0.05, 0.1) is 26.4 Å². The maximum absolute atomic E-state index is 13.1. The van der Waals surface area contributed by atoms with Crippen LogP contribution < -0.4 is 0 Å². The zero-order valence-corrected chi connectivity index (χ0v) is 47.8. The standard InChI is InChI=1S/C61H116O14/c1-3-5-7-9-11-13-15-17-19-21-23-24-25-26-27-29-31-33-35-37-39-41-43-45-70-47-50(73-53(63)44-42-40-38-36-34-32-30-28-22-20-18-16-14-12-10-8-6-4-2)48-71-60-59(69)57(67)55(65)52(75-60)49-72-61-58(68)56(66)54(64)51(46-62)74-61/h20,22,50-52,54-62,64-69H,3-19,21,23-49H2,1-2H3/b22-20-. The van der Waals surface area contributed by atoms with Crippen molar-refractivity contribution in [3.05, 3.63) is 12.2 Å². The number of hydrogen-bond acceptors (Lipinski definition) is 14. The Morgan fingerprint density at radius 3 is 1.21 bits per heavy atom. The molecule has 0 amide bonds. The molecule has 7 N–H and O–H groups in total. The number of carbonyl (C=O) groups is 1. The summed E-state index contributed by atoms with van der Waals surface area (Å²) in [5, 5.41) is 72.4. The first-order valence-corrected chi connectivity index (χ1v) is 31.3. The van der Waals surface area contributed by atoms with Crippen molar-refractivity contribution < 1.29 is 69.0 Å². The Morgan fingerprint density at radius 1 is 0.427 bits per heavy atom. The number of ether oxygens (including phenoxy) is 6. The van der Waals surface area contributed by atoms with Crippen molar-refractivity contribution >= 4 is 5.97 Å². The second-order valence-corrected chi connectivity index (χ2v) is 22.2. The normalized spacial score (nSPS) is 24.6. The van der Waals surface area contributed by atoms with Gasteiger partial charge in [-0.05, 0) is 38.5 Å². The zero-order chi connectivity index (χ0) is 54.4. The summed E-state index contributed by atoms with van der Waals surface area (Å²) in [6.45, 7) is 3.75. The Morgan fingerprint density at radius 2 is 0.787 bits per heavy atom. The first-order chi connectivity index (χ1) is 36.6. The van der Waals surface area contributed by atoms with E-state index in [1.807, 2.05) is 0 Å². The molecule has 11 atom stereocenters. The van der Waals surface area contributed by atoms with Crippen molar-refractivity contribution in [1.82, 2.24) is 0 Å². The Labute approximate surface area is 456 Å². The first-order valence-electron chi connectivity index (χ1n) is 31.3. The van der Waals surface area contributed by atoms with E-state index < -0.39 is 80.7 Å². The minimum atomic E-state index is -1.70. The van der Waals surface area contributed by atoms with Gasteiger partial charge in [-0.25, -0.2) is 0 Å². The molecule has 0 bridgehead atoms. The Kier molecular flexibility index (Phi) is 45.3. The molecule has 0 radical (unpaired) electrons. The average molecular weight is 1070 g/mol. The molecule has 0 aromatic carbocycles. The molecule has 444 valence electrons. The van der Waals surface area contributed by atoms with Gasteiger partial charge in [0, 0.05) is 13.0 Å². The van der Waals surface area contributed by atoms with Crippen LogP contribution in [0.5, 0.6) is 0 Å². The first kappa shape index (κ1) is 69.8. The maximum atomic E-state index is 13.1. The van der Waals surface area contributed by atoms with Crippen LogP contribution in [-0.2, 0) is 33.2 Å².